The van der Waals surface area contributed by atoms with Crippen LogP contribution in [-0.4, -0.2) is 21.6 Å². The summed E-state index contributed by atoms with van der Waals surface area (Å²) in [5.74, 6) is -3.50. The fraction of sp³-hybridized carbons (Fsp3) is 0.143. The number of nitrogens with one attached hydrogen (secondary N) is 1. The molecule has 0 aliphatic heterocycles. The van der Waals surface area contributed by atoms with E-state index in [1.165, 1.54) is 36.7 Å². The molecule has 0 bridgehead atoms. The van der Waals surface area contributed by atoms with Crippen molar-refractivity contribution in [3.63, 3.8) is 0 Å². The van der Waals surface area contributed by atoms with Crippen molar-refractivity contribution in [2.75, 3.05) is 5.32 Å². The van der Waals surface area contributed by atoms with Gasteiger partial charge in [-0.05, 0) is 49.2 Å². The smallest absolute Gasteiger partial charge is 0.284 e. The zero-order valence-corrected chi connectivity index (χ0v) is 15.5. The Morgan fingerprint density at radius 2 is 1.73 bits per heavy atom. The third-order valence-corrected chi connectivity index (χ3v) is 4.41. The first-order valence-electron chi connectivity index (χ1n) is 9.10. The summed E-state index contributed by atoms with van der Waals surface area (Å²) in [4.78, 5) is 25.2. The minimum absolute atomic E-state index is 0.109. The molecule has 0 radical (unpaired) electrons. The van der Waals surface area contributed by atoms with Crippen LogP contribution in [-0.2, 0) is 0 Å². The van der Waals surface area contributed by atoms with E-state index in [1.807, 2.05) is 0 Å². The van der Waals surface area contributed by atoms with Gasteiger partial charge in [0.05, 0.1) is 5.71 Å². The van der Waals surface area contributed by atoms with E-state index < -0.39 is 28.9 Å². The Balaban J connectivity index is 1.51. The highest BCUT2D eigenvalue weighted by Gasteiger charge is 2.30. The Kier molecular flexibility index (Phi) is 5.42. The van der Waals surface area contributed by atoms with Gasteiger partial charge in [-0.15, -0.1) is 0 Å². The first kappa shape index (κ1) is 19.6. The molecular weight excluding hydrogens is 397 g/mol. The van der Waals surface area contributed by atoms with Gasteiger partial charge in [0, 0.05) is 23.9 Å². The van der Waals surface area contributed by atoms with E-state index >= 15 is 0 Å². The SMILES string of the molecule is O=C(Nc1ccc(/C(=N/Oc2ncccc2F)C2CC2)cn1)c1c(F)cccc1F. The molecule has 1 aliphatic carbocycles. The zero-order valence-electron chi connectivity index (χ0n) is 15.5. The molecular formula is C21H15F3N4O2. The van der Waals surface area contributed by atoms with Crippen LogP contribution >= 0.6 is 0 Å². The van der Waals surface area contributed by atoms with Crippen molar-refractivity contribution in [2.24, 2.45) is 11.1 Å². The van der Waals surface area contributed by atoms with Crippen LogP contribution in [0.2, 0.25) is 0 Å². The van der Waals surface area contributed by atoms with Crippen LogP contribution in [0.5, 0.6) is 5.88 Å². The summed E-state index contributed by atoms with van der Waals surface area (Å²) in [6.45, 7) is 0. The molecule has 2 aromatic heterocycles. The maximum atomic E-state index is 13.7. The average Bonchev–Trinajstić information content (AvgIpc) is 3.56. The van der Waals surface area contributed by atoms with E-state index in [9.17, 15) is 18.0 Å². The van der Waals surface area contributed by atoms with Crippen molar-refractivity contribution in [3.05, 3.63) is 83.4 Å². The number of hydrogen-bond donors (Lipinski definition) is 1. The molecule has 0 spiro atoms. The van der Waals surface area contributed by atoms with Gasteiger partial charge < -0.3 is 10.2 Å². The summed E-state index contributed by atoms with van der Waals surface area (Å²) in [7, 11) is 0. The van der Waals surface area contributed by atoms with Crippen LogP contribution in [0.1, 0.15) is 28.8 Å². The molecule has 1 saturated carbocycles. The van der Waals surface area contributed by atoms with E-state index in [1.54, 1.807) is 6.07 Å². The van der Waals surface area contributed by atoms with Gasteiger partial charge in [-0.25, -0.2) is 23.1 Å². The average molecular weight is 412 g/mol. The van der Waals surface area contributed by atoms with Crippen LogP contribution < -0.4 is 10.2 Å². The van der Waals surface area contributed by atoms with Gasteiger partial charge in [-0.1, -0.05) is 11.2 Å². The number of aromatic nitrogens is 2. The number of carbonyl (C=O) groups is 1. The molecule has 6 nitrogen and oxygen atoms in total. The number of hydrogen-bond acceptors (Lipinski definition) is 5. The number of benzene rings is 1. The highest BCUT2D eigenvalue weighted by atomic mass is 19.1. The lowest BCUT2D eigenvalue weighted by atomic mass is 10.1. The summed E-state index contributed by atoms with van der Waals surface area (Å²) < 4.78 is 41.1. The summed E-state index contributed by atoms with van der Waals surface area (Å²) in [6, 6.07) is 8.94. The highest BCUT2D eigenvalue weighted by molar-refractivity contribution is 6.05. The summed E-state index contributed by atoms with van der Waals surface area (Å²) in [6.07, 6.45) is 4.64. The van der Waals surface area contributed by atoms with Gasteiger partial charge in [0.2, 0.25) is 0 Å². The maximum absolute atomic E-state index is 13.7. The lowest BCUT2D eigenvalue weighted by molar-refractivity contribution is 0.101. The van der Waals surface area contributed by atoms with Crippen LogP contribution in [0.3, 0.4) is 0 Å². The van der Waals surface area contributed by atoms with Crippen molar-refractivity contribution in [3.8, 4) is 5.88 Å². The number of amides is 1. The Labute approximate surface area is 169 Å². The molecule has 0 saturated heterocycles. The number of anilines is 1. The molecule has 30 heavy (non-hydrogen) atoms. The van der Waals surface area contributed by atoms with Crippen LogP contribution in [0.4, 0.5) is 19.0 Å². The number of rotatable bonds is 6. The Hall–Kier alpha value is -3.75. The van der Waals surface area contributed by atoms with Crippen LogP contribution in [0, 0.1) is 23.4 Å². The predicted molar refractivity (Wildman–Crippen MR) is 103 cm³/mol. The minimum atomic E-state index is -0.967. The minimum Gasteiger partial charge on any atom is -0.333 e. The zero-order chi connectivity index (χ0) is 21.1. The Morgan fingerprint density at radius 1 is 1.00 bits per heavy atom. The molecule has 3 aromatic rings. The van der Waals surface area contributed by atoms with Gasteiger partial charge >= 0.3 is 0 Å². The van der Waals surface area contributed by atoms with Crippen molar-refractivity contribution < 1.29 is 22.8 Å². The first-order chi connectivity index (χ1) is 14.5. The molecule has 1 amide bonds. The molecule has 0 unspecified atom stereocenters. The fourth-order valence-corrected chi connectivity index (χ4v) is 2.76. The lowest BCUT2D eigenvalue weighted by Gasteiger charge is -2.08. The van der Waals surface area contributed by atoms with Gasteiger partial charge in [-0.2, -0.15) is 0 Å². The summed E-state index contributed by atoms with van der Waals surface area (Å²) >= 11 is 0. The molecule has 1 aromatic carbocycles. The molecule has 1 aliphatic rings. The number of carbonyl (C=O) groups excluding carboxylic acids is 1. The molecule has 0 atom stereocenters. The van der Waals surface area contributed by atoms with Gasteiger partial charge in [0.15, 0.2) is 5.82 Å². The molecule has 2 heterocycles. The van der Waals surface area contributed by atoms with Gasteiger partial charge in [0.1, 0.15) is 23.0 Å². The van der Waals surface area contributed by atoms with E-state index in [0.717, 1.165) is 25.0 Å². The number of oxime groups is 1. The number of nitrogens with zero attached hydrogens (tertiary/aromatic N) is 3. The van der Waals surface area contributed by atoms with Crippen molar-refractivity contribution in [1.29, 1.82) is 0 Å². The van der Waals surface area contributed by atoms with Gasteiger partial charge in [0.25, 0.3) is 11.8 Å². The van der Waals surface area contributed by atoms with E-state index in [2.05, 4.69) is 20.4 Å². The van der Waals surface area contributed by atoms with Crippen LogP contribution in [0.15, 0.2) is 60.0 Å². The number of halogens is 3. The second-order valence-electron chi connectivity index (χ2n) is 6.62. The standard InChI is InChI=1S/C21H15F3N4O2/c22-14-3-1-4-15(23)18(14)20(29)27-17-9-8-13(11-26-17)19(12-6-7-12)28-30-21-16(24)5-2-10-25-21/h1-5,8-12H,6-7H2,(H,26,27,29)/b28-19+. The van der Waals surface area contributed by atoms with E-state index in [0.29, 0.717) is 11.3 Å². The first-order valence-corrected chi connectivity index (χ1v) is 9.10. The highest BCUT2D eigenvalue weighted by Crippen LogP contribution is 2.33. The van der Waals surface area contributed by atoms with Crippen LogP contribution in [0.25, 0.3) is 0 Å². The monoisotopic (exact) mass is 412 g/mol. The van der Waals surface area contributed by atoms with Crippen molar-refractivity contribution >= 4 is 17.4 Å². The molecule has 1 fully saturated rings. The second kappa shape index (κ2) is 8.32. The maximum Gasteiger partial charge on any atom is 0.284 e. The molecule has 4 rings (SSSR count). The fourth-order valence-electron chi connectivity index (χ4n) is 2.76. The normalized spacial score (nSPS) is 13.8. The third-order valence-electron chi connectivity index (χ3n) is 4.41. The molecule has 152 valence electrons. The quantitative estimate of drug-likeness (QED) is 0.483. The predicted octanol–water partition coefficient (Wildman–Crippen LogP) is 4.34. The van der Waals surface area contributed by atoms with Gasteiger partial charge in [-0.3, -0.25) is 4.79 Å². The largest absolute Gasteiger partial charge is 0.333 e. The topological polar surface area (TPSA) is 76.5 Å². The van der Waals surface area contributed by atoms with Crippen molar-refractivity contribution in [1.82, 2.24) is 9.97 Å². The molecule has 9 heteroatoms. The van der Waals surface area contributed by atoms with E-state index in [4.69, 9.17) is 4.84 Å². The number of pyridine rings is 2. The Morgan fingerprint density at radius 3 is 2.37 bits per heavy atom. The van der Waals surface area contributed by atoms with E-state index in [-0.39, 0.29) is 17.6 Å². The lowest BCUT2D eigenvalue weighted by Crippen LogP contribution is -2.17. The summed E-state index contributed by atoms with van der Waals surface area (Å²) in [5, 5.41) is 6.39. The Bertz CT molecular complexity index is 1100. The third kappa shape index (κ3) is 4.29. The van der Waals surface area contributed by atoms with Crippen molar-refractivity contribution in [2.45, 2.75) is 12.8 Å². The summed E-state index contributed by atoms with van der Waals surface area (Å²) in [5.41, 5.74) is 0.504. The molecule has 1 N–H and O–H groups in total. The second-order valence-corrected chi connectivity index (χ2v) is 6.62.